The van der Waals surface area contributed by atoms with Crippen molar-refractivity contribution in [2.75, 3.05) is 0 Å². The van der Waals surface area contributed by atoms with Crippen molar-refractivity contribution in [3.8, 4) is 11.1 Å². The summed E-state index contributed by atoms with van der Waals surface area (Å²) in [6, 6.07) is 15.0. The van der Waals surface area contributed by atoms with E-state index in [2.05, 4.69) is 10.6 Å². The number of ether oxygens (including phenoxy) is 1. The van der Waals surface area contributed by atoms with Gasteiger partial charge in [-0.05, 0) is 55.3 Å². The maximum Gasteiger partial charge on any atom is 0.407 e. The highest BCUT2D eigenvalue weighted by Crippen LogP contribution is 2.32. The zero-order chi connectivity index (χ0) is 25.8. The number of carbonyl (C=O) groups is 2. The highest BCUT2D eigenvalue weighted by Gasteiger charge is 2.21. The Kier molecular flexibility index (Phi) is 7.84. The van der Waals surface area contributed by atoms with Gasteiger partial charge < -0.3 is 25.0 Å². The number of hydrogen-bond donors (Lipinski definition) is 3. The van der Waals surface area contributed by atoms with Gasteiger partial charge in [0.15, 0.2) is 0 Å². The number of rotatable bonds is 7. The lowest BCUT2D eigenvalue weighted by Gasteiger charge is -2.23. The van der Waals surface area contributed by atoms with Gasteiger partial charge in [-0.25, -0.2) is 9.59 Å². The Balaban J connectivity index is 2.25. The molecule has 0 atom stereocenters. The van der Waals surface area contributed by atoms with Gasteiger partial charge in [0.05, 0.1) is 6.54 Å². The van der Waals surface area contributed by atoms with E-state index < -0.39 is 17.8 Å². The number of aromatic nitrogens is 1. The smallest absolute Gasteiger partial charge is 0.407 e. The summed E-state index contributed by atoms with van der Waals surface area (Å²) in [6.07, 6.45) is -1.69. The number of carbonyl (C=O) groups excluding carboxylic acids is 1. The Morgan fingerprint density at radius 2 is 1.69 bits per heavy atom. The lowest BCUT2D eigenvalue weighted by atomic mass is 9.95. The van der Waals surface area contributed by atoms with Gasteiger partial charge in [0, 0.05) is 29.7 Å². The van der Waals surface area contributed by atoms with E-state index in [9.17, 15) is 14.4 Å². The summed E-state index contributed by atoms with van der Waals surface area (Å²) in [5.41, 5.74) is 2.28. The third kappa shape index (κ3) is 6.62. The average Bonchev–Trinajstić information content (AvgIpc) is 2.77. The first-order valence-corrected chi connectivity index (χ1v) is 11.6. The minimum atomic E-state index is -1.12. The van der Waals surface area contributed by atoms with Crippen LogP contribution in [0, 0.1) is 5.92 Å². The Hall–Kier alpha value is -3.81. The second kappa shape index (κ2) is 10.6. The molecule has 1 heterocycles. The van der Waals surface area contributed by atoms with E-state index in [1.165, 1.54) is 0 Å². The van der Waals surface area contributed by atoms with E-state index in [1.54, 1.807) is 37.5 Å². The number of pyridine rings is 1. The van der Waals surface area contributed by atoms with Gasteiger partial charge >= 0.3 is 12.2 Å². The summed E-state index contributed by atoms with van der Waals surface area (Å²) in [4.78, 5) is 37.1. The first kappa shape index (κ1) is 25.8. The first-order chi connectivity index (χ1) is 16.5. The van der Waals surface area contributed by atoms with Gasteiger partial charge in [0.2, 0.25) is 0 Å². The van der Waals surface area contributed by atoms with Crippen molar-refractivity contribution in [2.24, 2.45) is 5.92 Å². The van der Waals surface area contributed by atoms with Crippen molar-refractivity contribution >= 4 is 23.0 Å². The molecular weight excluding hydrogens is 446 g/mol. The number of nitrogens with zero attached hydrogens (tertiary/aromatic N) is 1. The molecule has 0 bridgehead atoms. The quantitative estimate of drug-likeness (QED) is 0.436. The molecule has 0 radical (unpaired) electrons. The second-order valence-corrected chi connectivity index (χ2v) is 9.89. The molecule has 8 heteroatoms. The van der Waals surface area contributed by atoms with Gasteiger partial charge in [-0.15, -0.1) is 0 Å². The van der Waals surface area contributed by atoms with Crippen LogP contribution in [0.15, 0.2) is 53.3 Å². The lowest BCUT2D eigenvalue weighted by Crippen LogP contribution is -2.35. The van der Waals surface area contributed by atoms with E-state index in [-0.39, 0.29) is 24.6 Å². The molecule has 0 aliphatic heterocycles. The Morgan fingerprint density at radius 3 is 2.29 bits per heavy atom. The fraction of sp³-hybridized carbons (Fsp3) is 0.370. The number of benzene rings is 2. The SMILES string of the molecule is CC(C)Cn1c(CNC(=O)OC(C)(C)C)c(-c2ccccc2)c2cc(CNC(=O)O)ccc2c1=O. The zero-order valence-electron chi connectivity index (χ0n) is 20.8. The standard InChI is InChI=1S/C27H33N3O5/c1-17(2)16-30-22(15-29-26(34)35-27(3,4)5)23(19-9-7-6-8-10-19)21-13-18(14-28-25(32)33)11-12-20(21)24(30)31/h6-13,17,28H,14-16H2,1-5H3,(H,29,34)(H,32,33). The van der Waals surface area contributed by atoms with Crippen LogP contribution in [0.3, 0.4) is 0 Å². The molecule has 0 aliphatic rings. The van der Waals surface area contributed by atoms with Crippen LogP contribution in [0.1, 0.15) is 45.9 Å². The van der Waals surface area contributed by atoms with Crippen molar-refractivity contribution in [2.45, 2.75) is 59.9 Å². The van der Waals surface area contributed by atoms with E-state index in [4.69, 9.17) is 9.84 Å². The summed E-state index contributed by atoms with van der Waals surface area (Å²) < 4.78 is 7.14. The summed E-state index contributed by atoms with van der Waals surface area (Å²) >= 11 is 0. The summed E-state index contributed by atoms with van der Waals surface area (Å²) in [5, 5.41) is 15.4. The number of carboxylic acid groups (broad SMARTS) is 1. The van der Waals surface area contributed by atoms with E-state index in [0.29, 0.717) is 23.0 Å². The lowest BCUT2D eigenvalue weighted by molar-refractivity contribution is 0.0522. The van der Waals surface area contributed by atoms with Crippen LogP contribution >= 0.6 is 0 Å². The normalized spacial score (nSPS) is 11.5. The highest BCUT2D eigenvalue weighted by atomic mass is 16.6. The third-order valence-electron chi connectivity index (χ3n) is 5.30. The zero-order valence-corrected chi connectivity index (χ0v) is 20.8. The molecule has 0 saturated heterocycles. The van der Waals surface area contributed by atoms with Crippen LogP contribution in [0.5, 0.6) is 0 Å². The van der Waals surface area contributed by atoms with Crippen LogP contribution in [-0.4, -0.2) is 27.5 Å². The predicted octanol–water partition coefficient (Wildman–Crippen LogP) is 5.12. The van der Waals surface area contributed by atoms with Crippen LogP contribution in [0.25, 0.3) is 21.9 Å². The molecule has 0 aliphatic carbocycles. The van der Waals surface area contributed by atoms with Crippen molar-refractivity contribution in [1.82, 2.24) is 15.2 Å². The number of nitrogens with one attached hydrogen (secondary N) is 2. The number of fused-ring (bicyclic) bond motifs is 1. The number of hydrogen-bond acceptors (Lipinski definition) is 4. The van der Waals surface area contributed by atoms with Crippen molar-refractivity contribution in [3.05, 3.63) is 70.1 Å². The minimum absolute atomic E-state index is 0.0919. The molecule has 0 saturated carbocycles. The van der Waals surface area contributed by atoms with E-state index >= 15 is 0 Å². The second-order valence-electron chi connectivity index (χ2n) is 9.89. The molecule has 3 N–H and O–H groups in total. The Bertz CT molecular complexity index is 1270. The average molecular weight is 480 g/mol. The summed E-state index contributed by atoms with van der Waals surface area (Å²) in [7, 11) is 0. The molecule has 2 aromatic carbocycles. The topological polar surface area (TPSA) is 110 Å². The van der Waals surface area contributed by atoms with Crippen molar-refractivity contribution in [1.29, 1.82) is 0 Å². The Morgan fingerprint density at radius 1 is 1.00 bits per heavy atom. The minimum Gasteiger partial charge on any atom is -0.465 e. The van der Waals surface area contributed by atoms with Crippen LogP contribution in [-0.2, 0) is 24.4 Å². The largest absolute Gasteiger partial charge is 0.465 e. The number of alkyl carbamates (subject to hydrolysis) is 1. The van der Waals surface area contributed by atoms with Crippen molar-refractivity contribution in [3.63, 3.8) is 0 Å². The summed E-state index contributed by atoms with van der Waals surface area (Å²) in [5.74, 6) is 0.188. The van der Waals surface area contributed by atoms with Gasteiger partial charge in [-0.3, -0.25) is 4.79 Å². The molecule has 8 nitrogen and oxygen atoms in total. The van der Waals surface area contributed by atoms with Gasteiger partial charge in [-0.2, -0.15) is 0 Å². The maximum atomic E-state index is 13.6. The van der Waals surface area contributed by atoms with Crippen LogP contribution < -0.4 is 16.2 Å². The molecule has 3 aromatic rings. The Labute approximate surface area is 204 Å². The molecule has 186 valence electrons. The number of amides is 2. The highest BCUT2D eigenvalue weighted by molar-refractivity contribution is 5.98. The molecule has 1 aromatic heterocycles. The van der Waals surface area contributed by atoms with Gasteiger partial charge in [0.1, 0.15) is 5.60 Å². The molecule has 0 spiro atoms. The van der Waals surface area contributed by atoms with Crippen LogP contribution in [0.4, 0.5) is 9.59 Å². The third-order valence-corrected chi connectivity index (χ3v) is 5.30. The van der Waals surface area contributed by atoms with E-state index in [1.807, 2.05) is 50.2 Å². The van der Waals surface area contributed by atoms with Crippen molar-refractivity contribution < 1.29 is 19.4 Å². The molecule has 0 fully saturated rings. The fourth-order valence-electron chi connectivity index (χ4n) is 3.97. The van der Waals surface area contributed by atoms with Gasteiger partial charge in [-0.1, -0.05) is 50.2 Å². The molecule has 2 amide bonds. The molecular formula is C27H33N3O5. The molecule has 3 rings (SSSR count). The maximum absolute atomic E-state index is 13.6. The molecule has 35 heavy (non-hydrogen) atoms. The van der Waals surface area contributed by atoms with Crippen LogP contribution in [0.2, 0.25) is 0 Å². The monoisotopic (exact) mass is 479 g/mol. The van der Waals surface area contributed by atoms with Gasteiger partial charge in [0.25, 0.3) is 5.56 Å². The van der Waals surface area contributed by atoms with E-state index in [0.717, 1.165) is 16.7 Å². The summed E-state index contributed by atoms with van der Waals surface area (Å²) in [6.45, 7) is 10.1. The first-order valence-electron chi connectivity index (χ1n) is 11.6. The predicted molar refractivity (Wildman–Crippen MR) is 136 cm³/mol. The molecule has 0 unspecified atom stereocenters. The fourth-order valence-corrected chi connectivity index (χ4v) is 3.97.